The van der Waals surface area contributed by atoms with Gasteiger partial charge in [-0.15, -0.1) is 0 Å². The maximum Gasteiger partial charge on any atom is 1.00 e. The number of thiol groups is 1. The molecule has 19 heteroatoms. The predicted molar refractivity (Wildman–Crippen MR) is 398 cm³/mol. The molecule has 5 atom stereocenters. The fraction of sp³-hybridized carbons (Fsp3) is 0.481. The van der Waals surface area contributed by atoms with Crippen molar-refractivity contribution < 1.29 is 133 Å². The number of carbonyl (C=O) groups is 4. The molecule has 0 fully saturated rings. The molecule has 0 aliphatic heterocycles. The first kappa shape index (κ1) is 99.6. The molecule has 0 aromatic heterocycles. The van der Waals surface area contributed by atoms with Gasteiger partial charge in [0.25, 0.3) is 0 Å². The summed E-state index contributed by atoms with van der Waals surface area (Å²) in [6.45, 7) is 19.6. The molecule has 0 aliphatic rings. The van der Waals surface area contributed by atoms with Gasteiger partial charge in [-0.1, -0.05) is 212 Å². The zero-order valence-corrected chi connectivity index (χ0v) is 68.3. The van der Waals surface area contributed by atoms with E-state index in [0.29, 0.717) is 32.8 Å². The van der Waals surface area contributed by atoms with Gasteiger partial charge in [-0.2, -0.15) is 23.5 Å². The number of ether oxygens (including phenoxy) is 4. The van der Waals surface area contributed by atoms with E-state index in [1.165, 1.54) is 11.1 Å². The molecule has 3 N–H and O–H groups in total. The molecule has 513 valence electrons. The van der Waals surface area contributed by atoms with Crippen molar-refractivity contribution in [3.05, 3.63) is 215 Å². The minimum atomic E-state index is -0.631. The summed E-state index contributed by atoms with van der Waals surface area (Å²) >= 11 is 7.26. The molecule has 0 bridgehead atoms. The normalized spacial score (nSPS) is 13.2. The third-order valence-electron chi connectivity index (χ3n) is 16.3. The quantitative estimate of drug-likeness (QED) is 0.00705. The van der Waals surface area contributed by atoms with E-state index in [0.717, 1.165) is 122 Å². The molecule has 3 radical (unpaired) electrons. The van der Waals surface area contributed by atoms with Crippen LogP contribution in [-0.2, 0) is 85.1 Å². The first-order valence-electron chi connectivity index (χ1n) is 32.3. The zero-order valence-electron chi connectivity index (χ0n) is 61.2. The number of aliphatic hydroxyl groups excluding tert-OH is 3. The van der Waals surface area contributed by atoms with E-state index in [1.807, 2.05) is 230 Å². The van der Waals surface area contributed by atoms with Gasteiger partial charge in [-0.25, -0.2) is 0 Å². The third-order valence-corrected chi connectivity index (χ3v) is 19.2. The molecule has 6 rings (SSSR count). The summed E-state index contributed by atoms with van der Waals surface area (Å²) in [5.74, 6) is 3.54. The number of hydrogen-bond donors (Lipinski definition) is 3. The Hall–Kier alpha value is -2.73. The summed E-state index contributed by atoms with van der Waals surface area (Å²) in [5.41, 5.74) is 4.37. The molecule has 6 aromatic rings. The van der Waals surface area contributed by atoms with Crippen LogP contribution >= 0.6 is 39.5 Å². The van der Waals surface area contributed by atoms with Crippen molar-refractivity contribution in [3.63, 3.8) is 0 Å². The topological polar surface area (TPSA) is 166 Å². The number of esters is 4. The van der Waals surface area contributed by atoms with Gasteiger partial charge in [-0.3, -0.25) is 19.2 Å². The van der Waals surface area contributed by atoms with Crippen LogP contribution in [0.25, 0.3) is 0 Å². The summed E-state index contributed by atoms with van der Waals surface area (Å²) in [6.07, 6.45) is 9.64. The largest absolute Gasteiger partial charge is 1.00 e. The van der Waals surface area contributed by atoms with E-state index in [-0.39, 0.29) is 149 Å². The first-order chi connectivity index (χ1) is 43.9. The average molecular weight is 1450 g/mol. The number of halogens is 1. The van der Waals surface area contributed by atoms with E-state index >= 15 is 0 Å². The van der Waals surface area contributed by atoms with E-state index in [2.05, 4.69) is 54.0 Å². The molecule has 0 saturated heterocycles. The molecular formula is C77H109BBrLiNa2O11S3+. The molecule has 0 spiro atoms. The maximum atomic E-state index is 12.7. The molecular weight excluding hydrogens is 1340 g/mol. The minimum Gasteiger partial charge on any atom is -1.00 e. The number of rotatable bonds is 35. The molecule has 6 aromatic carbocycles. The van der Waals surface area contributed by atoms with Gasteiger partial charge < -0.3 is 49.2 Å². The maximum absolute atomic E-state index is 12.7. The Morgan fingerprint density at radius 1 is 0.406 bits per heavy atom. The van der Waals surface area contributed by atoms with Crippen LogP contribution in [0.15, 0.2) is 182 Å². The molecule has 0 heterocycles. The molecule has 0 aliphatic carbocycles. The van der Waals surface area contributed by atoms with Crippen LogP contribution in [0.2, 0.25) is 0 Å². The number of thioether (sulfide) groups is 2. The van der Waals surface area contributed by atoms with Crippen molar-refractivity contribution in [2.45, 2.75) is 160 Å². The Bertz CT molecular complexity index is 2750. The van der Waals surface area contributed by atoms with E-state index < -0.39 is 16.2 Å². The summed E-state index contributed by atoms with van der Waals surface area (Å²) in [6, 6.07) is 59.9. The van der Waals surface area contributed by atoms with Crippen molar-refractivity contribution in [3.8, 4) is 0 Å². The van der Waals surface area contributed by atoms with Gasteiger partial charge >= 0.3 is 102 Å². The summed E-state index contributed by atoms with van der Waals surface area (Å²) in [5, 5.41) is 27.6. The SMILES string of the molecule is CC(CO)(CCCSCCCC(C)(CO)c1ccccc1)c1ccccc1.CCOC(=O)C(C)(CCCBr)c1ccccc1.CCOC(=O)C(C)(CCCSCCCC(C)(C(=O)OCC)c1ccccc1)c1ccccc1.CCOC(=O)Cc1ccccc1.CO.[B].[H-].[Li+].[Na+].[Na+].[SH-]. The Kier molecular flexibility index (Phi) is 60.0. The second kappa shape index (κ2) is 57.8. The summed E-state index contributed by atoms with van der Waals surface area (Å²) in [4.78, 5) is 48.6. The van der Waals surface area contributed by atoms with E-state index in [1.54, 1.807) is 0 Å². The zero-order chi connectivity index (χ0) is 67.3. The van der Waals surface area contributed by atoms with Crippen molar-refractivity contribution in [2.75, 3.05) is 75.1 Å². The monoisotopic (exact) mass is 1450 g/mol. The van der Waals surface area contributed by atoms with Crippen molar-refractivity contribution in [1.82, 2.24) is 0 Å². The van der Waals surface area contributed by atoms with Crippen LogP contribution in [-0.4, -0.2) is 123 Å². The van der Waals surface area contributed by atoms with Crippen LogP contribution in [0.1, 0.15) is 161 Å². The van der Waals surface area contributed by atoms with Crippen molar-refractivity contribution >= 4 is 85.2 Å². The van der Waals surface area contributed by atoms with E-state index in [4.69, 9.17) is 24.1 Å². The van der Waals surface area contributed by atoms with Crippen LogP contribution in [0, 0.1) is 0 Å². The number of hydrogen-bond acceptors (Lipinski definition) is 14. The Labute approximate surface area is 661 Å². The van der Waals surface area contributed by atoms with Crippen LogP contribution in [0.3, 0.4) is 0 Å². The van der Waals surface area contributed by atoms with Crippen molar-refractivity contribution in [1.29, 1.82) is 0 Å². The second-order valence-electron chi connectivity index (χ2n) is 23.3. The standard InChI is InChI=1S/C28H38O4S.C24H34O2S.C14H19BrO2.C10H12O2.CH4O.B.Li.2Na.H2S.H/c1-5-31-25(29)27(3,23-15-9-7-10-16-23)19-13-21-33-22-14-20-28(4,26(30)32-6-2)24-17-11-8-12-18-24;1-23(19-25,21-11-5-3-6-12-21)15-9-17-27-18-10-16-24(2,20-26)22-13-7-4-8-14-22;1-3-17-13(16)14(2,10-7-11-15)12-8-5-4-6-9-12;1-2-12-10(11)8-9-6-4-3-5-7-9;1-2;;;;;;/h7-12,15-18H,5-6,13-14,19-22H2,1-4H3;3-8,11-14,25-26H,9-10,15-20H2,1-2H3;4-6,8-9H,3,7,10-11H2,1-2H3;3-7H,2,8H2,1H3;2H,1H3;;;;;1H2;/q;;;;;;3*+1;;-1/p-1. The molecule has 96 heavy (non-hydrogen) atoms. The molecule has 11 nitrogen and oxygen atoms in total. The molecule has 0 amide bonds. The van der Waals surface area contributed by atoms with Gasteiger partial charge in [0.1, 0.15) is 0 Å². The Morgan fingerprint density at radius 2 is 0.646 bits per heavy atom. The Morgan fingerprint density at radius 3 is 0.896 bits per heavy atom. The van der Waals surface area contributed by atoms with Gasteiger partial charge in [0, 0.05) is 31.7 Å². The number of alkyl halides is 1. The smallest absolute Gasteiger partial charge is 1.00 e. The predicted octanol–water partition coefficient (Wildman–Crippen LogP) is 7.06. The van der Waals surface area contributed by atoms with Crippen LogP contribution in [0.5, 0.6) is 0 Å². The second-order valence-corrected chi connectivity index (χ2v) is 26.6. The van der Waals surface area contributed by atoms with Gasteiger partial charge in [-0.05, 0) is 169 Å². The first-order valence-corrected chi connectivity index (χ1v) is 35.7. The van der Waals surface area contributed by atoms with Crippen LogP contribution in [0.4, 0.5) is 0 Å². The van der Waals surface area contributed by atoms with Gasteiger partial charge in [0.2, 0.25) is 0 Å². The average Bonchev–Trinajstić information content (AvgIpc) is 0.867. The summed E-state index contributed by atoms with van der Waals surface area (Å²) in [7, 11) is 1.00. The number of carbonyl (C=O) groups excluding carboxylic acids is 4. The number of benzene rings is 6. The van der Waals surface area contributed by atoms with Gasteiger partial charge in [0.05, 0.1) is 62.3 Å². The third kappa shape index (κ3) is 35.7. The minimum absolute atomic E-state index is 0. The number of aliphatic hydroxyl groups is 3. The van der Waals surface area contributed by atoms with Gasteiger partial charge in [0.15, 0.2) is 0 Å². The fourth-order valence-electron chi connectivity index (χ4n) is 10.5. The van der Waals surface area contributed by atoms with E-state index in [9.17, 15) is 29.4 Å². The fourth-order valence-corrected chi connectivity index (χ4v) is 12.6. The molecule has 0 saturated carbocycles. The summed E-state index contributed by atoms with van der Waals surface area (Å²) < 4.78 is 20.8. The Balaban J connectivity index is -0.000000397. The molecule has 5 unspecified atom stereocenters. The van der Waals surface area contributed by atoms with Crippen LogP contribution < -0.4 is 78.0 Å². The van der Waals surface area contributed by atoms with Crippen molar-refractivity contribution in [2.24, 2.45) is 0 Å².